The number of hydrogen-bond donors (Lipinski definition) is 1. The van der Waals surface area contributed by atoms with Crippen LogP contribution in [-0.2, 0) is 4.79 Å². The van der Waals surface area contributed by atoms with Gasteiger partial charge in [0.1, 0.15) is 24.0 Å². The molecular weight excluding hydrogens is 488 g/mol. The molecule has 0 bridgehead atoms. The molecule has 0 aromatic heterocycles. The second-order valence-corrected chi connectivity index (χ2v) is 9.17. The van der Waals surface area contributed by atoms with E-state index in [1.165, 1.54) is 16.8 Å². The number of methoxy groups -OCH3 is 1. The van der Waals surface area contributed by atoms with Gasteiger partial charge in [-0.05, 0) is 54.6 Å². The Labute approximate surface area is 218 Å². The lowest BCUT2D eigenvalue weighted by Crippen LogP contribution is -2.35. The number of aliphatic imine (C=N–C) groups is 1. The first-order valence-electron chi connectivity index (χ1n) is 11.6. The molecule has 2 heterocycles. The first-order valence-corrected chi connectivity index (χ1v) is 12.4. The van der Waals surface area contributed by atoms with E-state index in [-0.39, 0.29) is 11.4 Å². The molecule has 2 aliphatic rings. The van der Waals surface area contributed by atoms with Crippen LogP contribution in [0, 0.1) is 12.3 Å². The highest BCUT2D eigenvalue weighted by Crippen LogP contribution is 2.33. The summed E-state index contributed by atoms with van der Waals surface area (Å²) >= 11 is 1.28. The molecule has 0 radical (unpaired) electrons. The topological polar surface area (TPSA) is 96.6 Å². The number of fused-ring (bicyclic) bond motifs is 1. The molecule has 0 fully saturated rings. The molecule has 0 saturated carbocycles. The van der Waals surface area contributed by atoms with Crippen LogP contribution in [0.1, 0.15) is 16.7 Å². The molecule has 2 aliphatic heterocycles. The number of carbonyl (C=O) groups is 1. The summed E-state index contributed by atoms with van der Waals surface area (Å²) < 4.78 is 17.0. The summed E-state index contributed by atoms with van der Waals surface area (Å²) in [6.45, 7) is 2.73. The molecule has 186 valence electrons. The van der Waals surface area contributed by atoms with E-state index < -0.39 is 5.91 Å². The van der Waals surface area contributed by atoms with Crippen LogP contribution in [-0.4, -0.2) is 47.3 Å². The van der Waals surface area contributed by atoms with Crippen molar-refractivity contribution in [3.05, 3.63) is 95.1 Å². The molecule has 37 heavy (non-hydrogen) atoms. The molecule has 0 spiro atoms. The lowest BCUT2D eigenvalue weighted by atomic mass is 10.1. The zero-order valence-corrected chi connectivity index (χ0v) is 21.1. The van der Waals surface area contributed by atoms with Crippen molar-refractivity contribution in [2.24, 2.45) is 10.1 Å². The van der Waals surface area contributed by atoms with Gasteiger partial charge in [0.15, 0.2) is 17.3 Å². The predicted molar refractivity (Wildman–Crippen MR) is 146 cm³/mol. The molecule has 1 amide bonds. The van der Waals surface area contributed by atoms with Crippen molar-refractivity contribution in [3.63, 3.8) is 0 Å². The van der Waals surface area contributed by atoms with E-state index in [1.54, 1.807) is 31.4 Å². The molecule has 0 atom stereocenters. The van der Waals surface area contributed by atoms with Gasteiger partial charge in [-0.3, -0.25) is 10.2 Å². The molecule has 8 nitrogen and oxygen atoms in total. The predicted octanol–water partition coefficient (Wildman–Crippen LogP) is 5.13. The number of aryl methyl sites for hydroxylation is 1. The highest BCUT2D eigenvalue weighted by atomic mass is 32.2. The number of rotatable bonds is 8. The maximum atomic E-state index is 12.8. The second kappa shape index (κ2) is 10.7. The van der Waals surface area contributed by atoms with Gasteiger partial charge in [-0.15, -0.1) is 0 Å². The fourth-order valence-corrected chi connectivity index (χ4v) is 4.59. The summed E-state index contributed by atoms with van der Waals surface area (Å²) in [6, 6.07) is 22.7. The average molecular weight is 513 g/mol. The van der Waals surface area contributed by atoms with Gasteiger partial charge < -0.3 is 14.2 Å². The highest BCUT2D eigenvalue weighted by Gasteiger charge is 2.36. The van der Waals surface area contributed by atoms with Crippen molar-refractivity contribution in [3.8, 4) is 17.2 Å². The zero-order valence-electron chi connectivity index (χ0n) is 20.3. The van der Waals surface area contributed by atoms with Gasteiger partial charge >= 0.3 is 0 Å². The minimum Gasteiger partial charge on any atom is -0.493 e. The van der Waals surface area contributed by atoms with Crippen molar-refractivity contribution in [2.45, 2.75) is 6.92 Å². The Hall–Kier alpha value is -4.37. The van der Waals surface area contributed by atoms with E-state index in [0.717, 1.165) is 16.9 Å². The summed E-state index contributed by atoms with van der Waals surface area (Å²) in [5, 5.41) is 15.6. The van der Waals surface area contributed by atoms with Gasteiger partial charge in [0.2, 0.25) is 5.17 Å². The number of thioether (sulfide) groups is 1. The molecule has 0 saturated heterocycles. The third kappa shape index (κ3) is 5.41. The summed E-state index contributed by atoms with van der Waals surface area (Å²) in [6.07, 6.45) is 1.61. The van der Waals surface area contributed by atoms with Crippen LogP contribution in [0.15, 0.2) is 88.5 Å². The van der Waals surface area contributed by atoms with Gasteiger partial charge in [-0.25, -0.2) is 0 Å². The van der Waals surface area contributed by atoms with E-state index in [2.05, 4.69) is 10.1 Å². The monoisotopic (exact) mass is 512 g/mol. The Morgan fingerprint density at radius 3 is 2.49 bits per heavy atom. The smallest absolute Gasteiger partial charge is 0.283 e. The lowest BCUT2D eigenvalue weighted by molar-refractivity contribution is -0.114. The lowest BCUT2D eigenvalue weighted by Gasteiger charge is -2.20. The number of para-hydroxylation sites is 1. The van der Waals surface area contributed by atoms with E-state index >= 15 is 0 Å². The summed E-state index contributed by atoms with van der Waals surface area (Å²) in [5.41, 5.74) is 2.87. The van der Waals surface area contributed by atoms with Crippen LogP contribution in [0.2, 0.25) is 0 Å². The van der Waals surface area contributed by atoms with Crippen molar-refractivity contribution in [1.29, 1.82) is 5.41 Å². The quantitative estimate of drug-likeness (QED) is 0.332. The van der Waals surface area contributed by atoms with E-state index in [4.69, 9.17) is 19.6 Å². The minimum atomic E-state index is -0.485. The van der Waals surface area contributed by atoms with Gasteiger partial charge in [0, 0.05) is 5.56 Å². The first kappa shape index (κ1) is 24.3. The number of amides is 1. The minimum absolute atomic E-state index is 0.0260. The van der Waals surface area contributed by atoms with Gasteiger partial charge in [0.05, 0.1) is 12.7 Å². The average Bonchev–Trinajstić information content (AvgIpc) is 3.34. The van der Waals surface area contributed by atoms with Crippen LogP contribution in [0.5, 0.6) is 17.2 Å². The van der Waals surface area contributed by atoms with Gasteiger partial charge in [-0.2, -0.15) is 15.1 Å². The molecular formula is C28H24N4O4S. The van der Waals surface area contributed by atoms with Crippen LogP contribution in [0.4, 0.5) is 0 Å². The van der Waals surface area contributed by atoms with Crippen LogP contribution < -0.4 is 14.2 Å². The van der Waals surface area contributed by atoms with E-state index in [0.29, 0.717) is 40.5 Å². The van der Waals surface area contributed by atoms with Crippen molar-refractivity contribution in [2.75, 3.05) is 20.3 Å². The number of nitrogens with one attached hydrogen (secondary N) is 1. The Morgan fingerprint density at radius 2 is 1.73 bits per heavy atom. The van der Waals surface area contributed by atoms with Crippen molar-refractivity contribution < 1.29 is 19.0 Å². The summed E-state index contributed by atoms with van der Waals surface area (Å²) in [4.78, 5) is 17.0. The molecule has 5 rings (SSSR count). The maximum Gasteiger partial charge on any atom is 0.283 e. The van der Waals surface area contributed by atoms with Crippen molar-refractivity contribution >= 4 is 39.8 Å². The van der Waals surface area contributed by atoms with E-state index in [9.17, 15) is 4.79 Å². The fourth-order valence-electron chi connectivity index (χ4n) is 3.69. The number of hydrogen-bond acceptors (Lipinski definition) is 7. The molecule has 0 aliphatic carbocycles. The maximum absolute atomic E-state index is 12.8. The number of benzene rings is 3. The number of amidine groups is 2. The molecule has 3 aromatic carbocycles. The largest absolute Gasteiger partial charge is 0.493 e. The Kier molecular flexibility index (Phi) is 7.04. The normalized spacial score (nSPS) is 15.8. The summed E-state index contributed by atoms with van der Waals surface area (Å²) in [7, 11) is 1.55. The fraction of sp³-hybridized carbons (Fsp3) is 0.143. The summed E-state index contributed by atoms with van der Waals surface area (Å²) in [5.74, 6) is 1.32. The third-order valence-corrected chi connectivity index (χ3v) is 6.56. The van der Waals surface area contributed by atoms with Crippen LogP contribution in [0.25, 0.3) is 6.08 Å². The van der Waals surface area contributed by atoms with Gasteiger partial charge in [-0.1, -0.05) is 54.1 Å². The molecule has 9 heteroatoms. The first-order chi connectivity index (χ1) is 18.0. The van der Waals surface area contributed by atoms with E-state index in [1.807, 2.05) is 61.5 Å². The van der Waals surface area contributed by atoms with Crippen LogP contribution >= 0.6 is 11.8 Å². The number of carbonyl (C=O) groups excluding carboxylic acids is 1. The van der Waals surface area contributed by atoms with Gasteiger partial charge in [0.25, 0.3) is 5.91 Å². The molecule has 0 unspecified atom stereocenters. The standard InChI is InChI=1S/C28H24N4O4S/c1-18-8-11-20(12-9-18)27-31-32-25(29)22(26(33)30-28(32)37-27)16-19-10-13-23(24(17-19)34-2)36-15-14-35-21-6-4-3-5-7-21/h3-13,16-17,29H,14-15H2,1-2H3. The van der Waals surface area contributed by atoms with Crippen molar-refractivity contribution in [1.82, 2.24) is 5.01 Å². The number of nitrogens with zero attached hydrogens (tertiary/aromatic N) is 3. The number of hydrazone groups is 1. The Balaban J connectivity index is 1.29. The van der Waals surface area contributed by atoms with Crippen LogP contribution in [0.3, 0.4) is 0 Å². The third-order valence-electron chi connectivity index (χ3n) is 5.60. The SMILES string of the molecule is COc1cc(C=C2C(=N)N3N=C(c4ccc(C)cc4)SC3=NC2=O)ccc1OCCOc1ccccc1. The molecule has 1 N–H and O–H groups in total. The Bertz CT molecular complexity index is 1430. The Morgan fingerprint density at radius 1 is 0.973 bits per heavy atom. The number of ether oxygens (including phenoxy) is 3. The second-order valence-electron chi connectivity index (χ2n) is 8.21. The molecule has 3 aromatic rings. The highest BCUT2D eigenvalue weighted by molar-refractivity contribution is 8.27. The zero-order chi connectivity index (χ0) is 25.8.